The first-order valence-corrected chi connectivity index (χ1v) is 6.71. The lowest BCUT2D eigenvalue weighted by Crippen LogP contribution is -2.11. The van der Waals surface area contributed by atoms with Gasteiger partial charge in [0.1, 0.15) is 4.75 Å². The number of aromatic nitrogens is 1. The van der Waals surface area contributed by atoms with E-state index >= 15 is 0 Å². The van der Waals surface area contributed by atoms with Gasteiger partial charge in [-0.1, -0.05) is 19.9 Å². The normalized spacial score (nSPS) is 28.0. The second-order valence-electron chi connectivity index (χ2n) is 4.58. The summed E-state index contributed by atoms with van der Waals surface area (Å²) in [5.74, 6) is 0.514. The third-order valence-corrected chi connectivity index (χ3v) is 5.36. The van der Waals surface area contributed by atoms with Gasteiger partial charge in [0, 0.05) is 11.9 Å². The van der Waals surface area contributed by atoms with Gasteiger partial charge in [-0.3, -0.25) is 4.98 Å². The molecule has 4 heteroatoms. The predicted molar refractivity (Wildman–Crippen MR) is 59.5 cm³/mol. The zero-order chi connectivity index (χ0) is 11.3. The largest absolute Gasteiger partial charge is 0.261 e. The van der Waals surface area contributed by atoms with Gasteiger partial charge in [0.2, 0.25) is 0 Å². The summed E-state index contributed by atoms with van der Waals surface area (Å²) in [6.45, 7) is 5.85. The van der Waals surface area contributed by atoms with Crippen LogP contribution in [0.3, 0.4) is 0 Å². The van der Waals surface area contributed by atoms with Crippen molar-refractivity contribution in [3.05, 3.63) is 29.6 Å². The standard InChI is InChI=1S/C11H15NO2S/c1-8(2)10-9(5-4-6-12-10)11(3)7-15(11,13)14/h4-6,8H,7H2,1-3H3. The van der Waals surface area contributed by atoms with Crippen LogP contribution in [0.4, 0.5) is 0 Å². The maximum atomic E-state index is 11.5. The quantitative estimate of drug-likeness (QED) is 0.722. The fourth-order valence-corrected chi connectivity index (χ4v) is 3.52. The van der Waals surface area contributed by atoms with Gasteiger partial charge in [0.15, 0.2) is 9.84 Å². The van der Waals surface area contributed by atoms with Gasteiger partial charge < -0.3 is 0 Å². The van der Waals surface area contributed by atoms with Crippen molar-refractivity contribution in [2.45, 2.75) is 31.4 Å². The third kappa shape index (κ3) is 1.47. The van der Waals surface area contributed by atoms with E-state index in [4.69, 9.17) is 0 Å². The van der Waals surface area contributed by atoms with Crippen molar-refractivity contribution in [2.24, 2.45) is 0 Å². The molecule has 1 aliphatic heterocycles. The summed E-state index contributed by atoms with van der Waals surface area (Å²) in [4.78, 5) is 4.29. The molecular weight excluding hydrogens is 210 g/mol. The van der Waals surface area contributed by atoms with Crippen molar-refractivity contribution in [3.63, 3.8) is 0 Å². The first kappa shape index (κ1) is 10.6. The maximum absolute atomic E-state index is 11.5. The molecule has 0 bridgehead atoms. The Balaban J connectivity index is 2.55. The van der Waals surface area contributed by atoms with Crippen molar-refractivity contribution in [2.75, 3.05) is 5.75 Å². The zero-order valence-corrected chi connectivity index (χ0v) is 10.0. The van der Waals surface area contributed by atoms with Crippen molar-refractivity contribution < 1.29 is 8.42 Å². The predicted octanol–water partition coefficient (Wildman–Crippen LogP) is 1.85. The molecule has 2 rings (SSSR count). The molecule has 1 aromatic rings. The van der Waals surface area contributed by atoms with Gasteiger partial charge in [0.05, 0.1) is 5.75 Å². The highest BCUT2D eigenvalue weighted by atomic mass is 32.2. The molecule has 1 unspecified atom stereocenters. The van der Waals surface area contributed by atoms with Gasteiger partial charge in [-0.05, 0) is 24.5 Å². The summed E-state index contributed by atoms with van der Waals surface area (Å²) in [6, 6.07) is 3.69. The van der Waals surface area contributed by atoms with Crippen molar-refractivity contribution in [1.82, 2.24) is 4.98 Å². The minimum absolute atomic E-state index is 0.255. The molecule has 0 aromatic carbocycles. The Bertz CT molecular complexity index is 493. The fourth-order valence-electron chi connectivity index (χ4n) is 1.90. The molecule has 1 saturated heterocycles. The Morgan fingerprint density at radius 1 is 1.47 bits per heavy atom. The van der Waals surface area contributed by atoms with Gasteiger partial charge >= 0.3 is 0 Å². The lowest BCUT2D eigenvalue weighted by Gasteiger charge is -2.13. The van der Waals surface area contributed by atoms with Crippen LogP contribution in [0, 0.1) is 0 Å². The molecule has 2 heterocycles. The Labute approximate surface area is 90.5 Å². The average molecular weight is 225 g/mol. The van der Waals surface area contributed by atoms with E-state index in [0.717, 1.165) is 11.3 Å². The molecule has 0 saturated carbocycles. The molecular formula is C11H15NO2S. The molecule has 15 heavy (non-hydrogen) atoms. The van der Waals surface area contributed by atoms with E-state index in [0.29, 0.717) is 0 Å². The highest BCUT2D eigenvalue weighted by Gasteiger charge is 2.59. The lowest BCUT2D eigenvalue weighted by molar-refractivity contribution is 0.604. The van der Waals surface area contributed by atoms with Crippen LogP contribution in [0.25, 0.3) is 0 Å². The molecule has 3 nitrogen and oxygen atoms in total. The molecule has 0 radical (unpaired) electrons. The van der Waals surface area contributed by atoms with Crippen LogP contribution < -0.4 is 0 Å². The van der Waals surface area contributed by atoms with Crippen molar-refractivity contribution in [3.8, 4) is 0 Å². The number of pyridine rings is 1. The summed E-state index contributed by atoms with van der Waals surface area (Å²) >= 11 is 0. The number of nitrogens with zero attached hydrogens (tertiary/aromatic N) is 1. The van der Waals surface area contributed by atoms with E-state index in [9.17, 15) is 8.42 Å². The third-order valence-electron chi connectivity index (χ3n) is 3.02. The zero-order valence-electron chi connectivity index (χ0n) is 9.19. The summed E-state index contributed by atoms with van der Waals surface area (Å²) in [5.41, 5.74) is 1.78. The molecule has 0 aliphatic carbocycles. The number of sulfone groups is 1. The molecule has 1 atom stereocenters. The minimum Gasteiger partial charge on any atom is -0.261 e. The van der Waals surface area contributed by atoms with E-state index in [1.807, 2.05) is 19.9 Å². The highest BCUT2D eigenvalue weighted by Crippen LogP contribution is 2.47. The van der Waals surface area contributed by atoms with Crippen LogP contribution in [0.15, 0.2) is 18.3 Å². The Kier molecular flexibility index (Phi) is 2.15. The SMILES string of the molecule is CC(C)c1ncccc1C1(C)CS1(=O)=O. The van der Waals surface area contributed by atoms with E-state index in [2.05, 4.69) is 4.98 Å². The van der Waals surface area contributed by atoms with Crippen molar-refractivity contribution in [1.29, 1.82) is 0 Å². The Hall–Kier alpha value is -0.900. The molecule has 1 aliphatic rings. The topological polar surface area (TPSA) is 47.0 Å². The van der Waals surface area contributed by atoms with E-state index in [-0.39, 0.29) is 11.7 Å². The molecule has 1 fully saturated rings. The second-order valence-corrected chi connectivity index (χ2v) is 7.00. The second kappa shape index (κ2) is 3.04. The van der Waals surface area contributed by atoms with Gasteiger partial charge in [-0.15, -0.1) is 0 Å². The molecule has 82 valence electrons. The van der Waals surface area contributed by atoms with E-state index in [1.165, 1.54) is 0 Å². The van der Waals surface area contributed by atoms with Gasteiger partial charge in [0.25, 0.3) is 0 Å². The monoisotopic (exact) mass is 225 g/mol. The van der Waals surface area contributed by atoms with Crippen LogP contribution in [0.2, 0.25) is 0 Å². The number of hydrogen-bond donors (Lipinski definition) is 0. The van der Waals surface area contributed by atoms with Gasteiger partial charge in [-0.2, -0.15) is 0 Å². The average Bonchev–Trinajstić information content (AvgIpc) is 2.67. The summed E-state index contributed by atoms with van der Waals surface area (Å²) in [5, 5.41) is 0. The van der Waals surface area contributed by atoms with E-state index in [1.54, 1.807) is 19.2 Å². The summed E-state index contributed by atoms with van der Waals surface area (Å²) < 4.78 is 22.4. The van der Waals surface area contributed by atoms with Crippen LogP contribution in [-0.2, 0) is 14.6 Å². The fraction of sp³-hybridized carbons (Fsp3) is 0.545. The summed E-state index contributed by atoms with van der Waals surface area (Å²) in [7, 11) is -2.91. The van der Waals surface area contributed by atoms with Gasteiger partial charge in [-0.25, -0.2) is 8.42 Å². The molecule has 0 N–H and O–H groups in total. The smallest absolute Gasteiger partial charge is 0.162 e. The Morgan fingerprint density at radius 3 is 2.53 bits per heavy atom. The summed E-state index contributed by atoms with van der Waals surface area (Å²) in [6.07, 6.45) is 1.72. The maximum Gasteiger partial charge on any atom is 0.162 e. The number of rotatable bonds is 2. The highest BCUT2D eigenvalue weighted by molar-refractivity contribution is 7.99. The molecule has 1 aromatic heterocycles. The van der Waals surface area contributed by atoms with Crippen LogP contribution in [0.5, 0.6) is 0 Å². The van der Waals surface area contributed by atoms with Crippen molar-refractivity contribution >= 4 is 9.84 Å². The molecule has 0 spiro atoms. The first-order chi connectivity index (χ1) is 6.88. The van der Waals surface area contributed by atoms with Crippen LogP contribution in [0.1, 0.15) is 37.9 Å². The minimum atomic E-state index is -2.91. The van der Waals surface area contributed by atoms with E-state index < -0.39 is 14.6 Å². The number of hydrogen-bond acceptors (Lipinski definition) is 3. The van der Waals surface area contributed by atoms with Crippen LogP contribution in [-0.4, -0.2) is 19.2 Å². The van der Waals surface area contributed by atoms with Crippen LogP contribution >= 0.6 is 0 Å². The lowest BCUT2D eigenvalue weighted by atomic mass is 9.95. The Morgan fingerprint density at radius 2 is 2.07 bits per heavy atom. The molecule has 0 amide bonds. The first-order valence-electron chi connectivity index (χ1n) is 5.06.